The van der Waals surface area contributed by atoms with E-state index in [1.165, 1.54) is 22.3 Å². The Labute approximate surface area is 157 Å². The molecular formula is C22H30N2O2. The number of rotatable bonds is 8. The Hall–Kier alpha value is -2.33. The second-order valence-corrected chi connectivity index (χ2v) is 7.04. The van der Waals surface area contributed by atoms with E-state index in [0.29, 0.717) is 19.6 Å². The molecule has 2 rings (SSSR count). The number of aryl methyl sites for hydroxylation is 3. The molecule has 0 aliphatic rings. The number of benzene rings is 2. The first kappa shape index (κ1) is 20.0. The minimum absolute atomic E-state index is 0.00722. The van der Waals surface area contributed by atoms with Gasteiger partial charge in [0.1, 0.15) is 5.75 Å². The van der Waals surface area contributed by atoms with Crippen LogP contribution in [-0.2, 0) is 4.79 Å². The fourth-order valence-corrected chi connectivity index (χ4v) is 2.75. The first-order valence-electron chi connectivity index (χ1n) is 9.06. The highest BCUT2D eigenvalue weighted by Crippen LogP contribution is 2.18. The van der Waals surface area contributed by atoms with Crippen LogP contribution in [0.4, 0.5) is 0 Å². The number of ether oxygens (including phenoxy) is 1. The molecule has 0 aliphatic carbocycles. The molecule has 0 aliphatic heterocycles. The van der Waals surface area contributed by atoms with Crippen molar-refractivity contribution in [1.82, 2.24) is 10.2 Å². The Balaban J connectivity index is 1.80. The minimum atomic E-state index is 0.00722. The van der Waals surface area contributed by atoms with Crippen LogP contribution in [0.25, 0.3) is 0 Å². The quantitative estimate of drug-likeness (QED) is 0.784. The first-order chi connectivity index (χ1) is 12.4. The van der Waals surface area contributed by atoms with Crippen LogP contribution in [0.2, 0.25) is 0 Å². The van der Waals surface area contributed by atoms with E-state index >= 15 is 0 Å². The molecule has 1 N–H and O–H groups in total. The van der Waals surface area contributed by atoms with Crippen molar-refractivity contribution in [1.29, 1.82) is 0 Å². The van der Waals surface area contributed by atoms with Crippen molar-refractivity contribution in [3.8, 4) is 5.75 Å². The fraction of sp³-hybridized carbons (Fsp3) is 0.409. The van der Waals surface area contributed by atoms with Gasteiger partial charge in [0.2, 0.25) is 5.91 Å². The lowest BCUT2D eigenvalue weighted by molar-refractivity contribution is -0.121. The van der Waals surface area contributed by atoms with Crippen molar-refractivity contribution < 1.29 is 9.53 Å². The van der Waals surface area contributed by atoms with E-state index in [0.717, 1.165) is 5.75 Å². The summed E-state index contributed by atoms with van der Waals surface area (Å²) in [6, 6.07) is 14.6. The van der Waals surface area contributed by atoms with E-state index in [-0.39, 0.29) is 11.9 Å². The molecule has 1 atom stereocenters. The van der Waals surface area contributed by atoms with E-state index in [2.05, 4.69) is 55.3 Å². The lowest BCUT2D eigenvalue weighted by Crippen LogP contribution is -2.35. The summed E-state index contributed by atoms with van der Waals surface area (Å²) in [5.74, 6) is 0.819. The van der Waals surface area contributed by atoms with Gasteiger partial charge in [-0.25, -0.2) is 0 Å². The van der Waals surface area contributed by atoms with E-state index in [1.54, 1.807) is 0 Å². The van der Waals surface area contributed by atoms with Crippen molar-refractivity contribution in [3.05, 3.63) is 64.7 Å². The molecule has 0 radical (unpaired) electrons. The van der Waals surface area contributed by atoms with Crippen molar-refractivity contribution in [3.63, 3.8) is 0 Å². The van der Waals surface area contributed by atoms with Crippen LogP contribution in [0.3, 0.4) is 0 Å². The van der Waals surface area contributed by atoms with Crippen LogP contribution in [-0.4, -0.2) is 38.1 Å². The third-order valence-corrected chi connectivity index (χ3v) is 4.65. The normalized spacial score (nSPS) is 12.1. The number of carbonyl (C=O) groups is 1. The highest BCUT2D eigenvalue weighted by Gasteiger charge is 2.15. The number of nitrogens with zero attached hydrogens (tertiary/aromatic N) is 1. The van der Waals surface area contributed by atoms with Gasteiger partial charge >= 0.3 is 0 Å². The third-order valence-electron chi connectivity index (χ3n) is 4.65. The molecule has 2 aromatic carbocycles. The zero-order valence-electron chi connectivity index (χ0n) is 16.5. The van der Waals surface area contributed by atoms with Gasteiger partial charge in [0, 0.05) is 6.54 Å². The molecule has 4 nitrogen and oxygen atoms in total. The summed E-state index contributed by atoms with van der Waals surface area (Å²) in [5.41, 5.74) is 4.87. The molecule has 4 heteroatoms. The SMILES string of the molecule is Cc1ccc(C(CNC(=O)CCOc2ccc(C)c(C)c2)N(C)C)cc1. The number of nitrogens with one attached hydrogen (secondary N) is 1. The average molecular weight is 354 g/mol. The zero-order chi connectivity index (χ0) is 19.1. The summed E-state index contributed by atoms with van der Waals surface area (Å²) in [4.78, 5) is 14.3. The summed E-state index contributed by atoms with van der Waals surface area (Å²) in [6.07, 6.45) is 0.348. The van der Waals surface area contributed by atoms with Gasteiger partial charge in [-0.2, -0.15) is 0 Å². The Bertz CT molecular complexity index is 723. The van der Waals surface area contributed by atoms with Crippen molar-refractivity contribution >= 4 is 5.91 Å². The maximum absolute atomic E-state index is 12.2. The standard InChI is InChI=1S/C22H30N2O2/c1-16-6-9-19(10-7-16)21(24(4)5)15-23-22(25)12-13-26-20-11-8-17(2)18(3)14-20/h6-11,14,21H,12-13,15H2,1-5H3,(H,23,25). The van der Waals surface area contributed by atoms with Gasteiger partial charge < -0.3 is 15.0 Å². The van der Waals surface area contributed by atoms with Gasteiger partial charge in [0.05, 0.1) is 19.1 Å². The van der Waals surface area contributed by atoms with Crippen LogP contribution < -0.4 is 10.1 Å². The summed E-state index contributed by atoms with van der Waals surface area (Å²) in [5, 5.41) is 3.02. The Morgan fingerprint density at radius 3 is 2.35 bits per heavy atom. The summed E-state index contributed by atoms with van der Waals surface area (Å²) >= 11 is 0. The van der Waals surface area contributed by atoms with Crippen molar-refractivity contribution in [2.45, 2.75) is 33.2 Å². The largest absolute Gasteiger partial charge is 0.493 e. The molecule has 0 aromatic heterocycles. The second-order valence-electron chi connectivity index (χ2n) is 7.04. The smallest absolute Gasteiger partial charge is 0.223 e. The van der Waals surface area contributed by atoms with Crippen LogP contribution >= 0.6 is 0 Å². The number of hydrogen-bond acceptors (Lipinski definition) is 3. The topological polar surface area (TPSA) is 41.6 Å². The predicted octanol–water partition coefficient (Wildman–Crippen LogP) is 3.80. The van der Waals surface area contributed by atoms with Crippen LogP contribution in [0.15, 0.2) is 42.5 Å². The lowest BCUT2D eigenvalue weighted by atomic mass is 10.0. The van der Waals surface area contributed by atoms with E-state index in [4.69, 9.17) is 4.74 Å². The van der Waals surface area contributed by atoms with Gasteiger partial charge in [-0.05, 0) is 63.7 Å². The Kier molecular flexibility index (Phi) is 7.22. The molecule has 2 aromatic rings. The summed E-state index contributed by atoms with van der Waals surface area (Å²) in [6.45, 7) is 7.17. The summed E-state index contributed by atoms with van der Waals surface area (Å²) < 4.78 is 5.69. The molecule has 1 amide bonds. The highest BCUT2D eigenvalue weighted by atomic mass is 16.5. The van der Waals surface area contributed by atoms with Gasteiger partial charge in [0.25, 0.3) is 0 Å². The van der Waals surface area contributed by atoms with E-state index in [1.807, 2.05) is 32.3 Å². The first-order valence-corrected chi connectivity index (χ1v) is 9.06. The summed E-state index contributed by atoms with van der Waals surface area (Å²) in [7, 11) is 4.05. The number of likely N-dealkylation sites (N-methyl/N-ethyl adjacent to an activating group) is 1. The van der Waals surface area contributed by atoms with Crippen molar-refractivity contribution in [2.75, 3.05) is 27.2 Å². The Morgan fingerprint density at radius 1 is 1.04 bits per heavy atom. The van der Waals surface area contributed by atoms with E-state index < -0.39 is 0 Å². The molecule has 0 bridgehead atoms. The van der Waals surface area contributed by atoms with Gasteiger partial charge in [-0.15, -0.1) is 0 Å². The predicted molar refractivity (Wildman–Crippen MR) is 107 cm³/mol. The molecule has 1 unspecified atom stereocenters. The maximum atomic E-state index is 12.2. The Morgan fingerprint density at radius 2 is 1.73 bits per heavy atom. The molecular weight excluding hydrogens is 324 g/mol. The number of amides is 1. The van der Waals surface area contributed by atoms with Crippen molar-refractivity contribution in [2.24, 2.45) is 0 Å². The van der Waals surface area contributed by atoms with Crippen LogP contribution in [0.5, 0.6) is 5.75 Å². The molecule has 0 saturated heterocycles. The van der Waals surface area contributed by atoms with Crippen LogP contribution in [0.1, 0.15) is 34.7 Å². The maximum Gasteiger partial charge on any atom is 0.223 e. The van der Waals surface area contributed by atoms with Gasteiger partial charge in [-0.1, -0.05) is 35.9 Å². The number of carbonyl (C=O) groups excluding carboxylic acids is 1. The van der Waals surface area contributed by atoms with Gasteiger partial charge in [0.15, 0.2) is 0 Å². The van der Waals surface area contributed by atoms with E-state index in [9.17, 15) is 4.79 Å². The molecule has 26 heavy (non-hydrogen) atoms. The second kappa shape index (κ2) is 9.39. The number of hydrogen-bond donors (Lipinski definition) is 1. The fourth-order valence-electron chi connectivity index (χ4n) is 2.75. The average Bonchev–Trinajstić information content (AvgIpc) is 2.59. The van der Waals surface area contributed by atoms with Gasteiger partial charge in [-0.3, -0.25) is 4.79 Å². The lowest BCUT2D eigenvalue weighted by Gasteiger charge is -2.25. The minimum Gasteiger partial charge on any atom is -0.493 e. The zero-order valence-corrected chi connectivity index (χ0v) is 16.5. The third kappa shape index (κ3) is 5.88. The molecule has 0 heterocycles. The van der Waals surface area contributed by atoms with Crippen LogP contribution in [0, 0.1) is 20.8 Å². The molecule has 140 valence electrons. The molecule has 0 saturated carbocycles. The monoisotopic (exact) mass is 354 g/mol. The molecule has 0 fully saturated rings. The molecule has 0 spiro atoms. The highest BCUT2D eigenvalue weighted by molar-refractivity contribution is 5.76.